The van der Waals surface area contributed by atoms with Crippen LogP contribution >= 0.6 is 0 Å². The van der Waals surface area contributed by atoms with Crippen molar-refractivity contribution in [3.63, 3.8) is 0 Å². The van der Waals surface area contributed by atoms with Gasteiger partial charge in [0.2, 0.25) is 5.75 Å². The first kappa shape index (κ1) is 16.7. The Bertz CT molecular complexity index is 848. The summed E-state index contributed by atoms with van der Waals surface area (Å²) in [5, 5.41) is 7.26. The van der Waals surface area contributed by atoms with Crippen LogP contribution in [-0.4, -0.2) is 38.6 Å². The average molecular weight is 340 g/mol. The van der Waals surface area contributed by atoms with Crippen LogP contribution in [0.3, 0.4) is 0 Å². The Morgan fingerprint density at radius 2 is 1.52 bits per heavy atom. The van der Waals surface area contributed by atoms with E-state index in [2.05, 4.69) is 10.2 Å². The summed E-state index contributed by atoms with van der Waals surface area (Å²) < 4.78 is 21.6. The molecule has 1 aromatic heterocycles. The second-order valence-corrected chi connectivity index (χ2v) is 5.30. The van der Waals surface area contributed by atoms with E-state index >= 15 is 0 Å². The van der Waals surface area contributed by atoms with Crippen molar-refractivity contribution >= 4 is 0 Å². The third-order valence-corrected chi connectivity index (χ3v) is 3.97. The minimum absolute atomic E-state index is 0.556. The van der Waals surface area contributed by atoms with Gasteiger partial charge in [-0.25, -0.2) is 0 Å². The van der Waals surface area contributed by atoms with Crippen LogP contribution in [0.15, 0.2) is 42.6 Å². The molecule has 0 aliphatic rings. The first-order valence-electron chi connectivity index (χ1n) is 7.70. The fourth-order valence-electron chi connectivity index (χ4n) is 2.74. The Morgan fingerprint density at radius 1 is 0.800 bits per heavy atom. The summed E-state index contributed by atoms with van der Waals surface area (Å²) in [5.74, 6) is 2.52. The van der Waals surface area contributed by atoms with Gasteiger partial charge in [0.25, 0.3) is 0 Å². The van der Waals surface area contributed by atoms with Crippen LogP contribution in [0.5, 0.6) is 23.0 Å². The lowest BCUT2D eigenvalue weighted by atomic mass is 10.0. The largest absolute Gasteiger partial charge is 0.497 e. The maximum absolute atomic E-state index is 5.44. The van der Waals surface area contributed by atoms with Gasteiger partial charge in [-0.05, 0) is 29.8 Å². The Morgan fingerprint density at radius 3 is 2.12 bits per heavy atom. The molecular weight excluding hydrogens is 320 g/mol. The molecule has 1 N–H and O–H groups in total. The summed E-state index contributed by atoms with van der Waals surface area (Å²) in [6.07, 6.45) is 1.77. The molecule has 0 saturated heterocycles. The minimum Gasteiger partial charge on any atom is -0.497 e. The number of aromatic nitrogens is 2. The van der Waals surface area contributed by atoms with Gasteiger partial charge in [0.15, 0.2) is 11.5 Å². The Balaban J connectivity index is 2.14. The number of rotatable bonds is 6. The van der Waals surface area contributed by atoms with E-state index in [1.54, 1.807) is 34.6 Å². The second-order valence-electron chi connectivity index (χ2n) is 5.30. The summed E-state index contributed by atoms with van der Waals surface area (Å²) >= 11 is 0. The van der Waals surface area contributed by atoms with E-state index in [0.29, 0.717) is 17.2 Å². The molecule has 6 nitrogen and oxygen atoms in total. The van der Waals surface area contributed by atoms with Crippen molar-refractivity contribution < 1.29 is 18.9 Å². The molecule has 0 spiro atoms. The highest BCUT2D eigenvalue weighted by molar-refractivity contribution is 5.83. The molecule has 3 rings (SSSR count). The Labute approximate surface area is 146 Å². The number of methoxy groups -OCH3 is 4. The Hall–Kier alpha value is -3.15. The topological polar surface area (TPSA) is 65.6 Å². The minimum atomic E-state index is 0.556. The summed E-state index contributed by atoms with van der Waals surface area (Å²) in [4.78, 5) is 0. The van der Waals surface area contributed by atoms with E-state index < -0.39 is 0 Å². The molecule has 0 saturated carbocycles. The zero-order valence-corrected chi connectivity index (χ0v) is 14.6. The van der Waals surface area contributed by atoms with Crippen molar-refractivity contribution in [2.24, 2.45) is 0 Å². The highest BCUT2D eigenvalue weighted by atomic mass is 16.5. The van der Waals surface area contributed by atoms with Crippen molar-refractivity contribution in [3.8, 4) is 45.4 Å². The zero-order chi connectivity index (χ0) is 17.8. The molecule has 0 aliphatic carbocycles. The number of benzene rings is 2. The predicted molar refractivity (Wildman–Crippen MR) is 95.7 cm³/mol. The molecule has 0 bridgehead atoms. The molecule has 3 aromatic rings. The fourth-order valence-corrected chi connectivity index (χ4v) is 2.74. The van der Waals surface area contributed by atoms with Crippen LogP contribution in [0.2, 0.25) is 0 Å². The number of nitrogens with zero attached hydrogens (tertiary/aromatic N) is 1. The lowest BCUT2D eigenvalue weighted by Crippen LogP contribution is -1.96. The lowest BCUT2D eigenvalue weighted by molar-refractivity contribution is 0.324. The van der Waals surface area contributed by atoms with Gasteiger partial charge in [0.05, 0.1) is 40.3 Å². The Kier molecular flexibility index (Phi) is 4.79. The highest BCUT2D eigenvalue weighted by Crippen LogP contribution is 2.43. The zero-order valence-electron chi connectivity index (χ0n) is 14.6. The maximum Gasteiger partial charge on any atom is 0.203 e. The van der Waals surface area contributed by atoms with E-state index in [1.165, 1.54) is 0 Å². The molecule has 2 aromatic carbocycles. The van der Waals surface area contributed by atoms with E-state index in [9.17, 15) is 0 Å². The number of hydrogen-bond donors (Lipinski definition) is 1. The first-order valence-corrected chi connectivity index (χ1v) is 7.70. The van der Waals surface area contributed by atoms with Crippen molar-refractivity contribution in [1.29, 1.82) is 0 Å². The number of aromatic amines is 1. The smallest absolute Gasteiger partial charge is 0.203 e. The van der Waals surface area contributed by atoms with Crippen LogP contribution in [0.1, 0.15) is 0 Å². The van der Waals surface area contributed by atoms with Crippen molar-refractivity contribution in [3.05, 3.63) is 42.6 Å². The van der Waals surface area contributed by atoms with Gasteiger partial charge >= 0.3 is 0 Å². The molecular formula is C19H20N2O4. The molecule has 0 atom stereocenters. The van der Waals surface area contributed by atoms with Gasteiger partial charge in [-0.1, -0.05) is 12.1 Å². The summed E-state index contributed by atoms with van der Waals surface area (Å²) in [6, 6.07) is 11.6. The van der Waals surface area contributed by atoms with Crippen LogP contribution in [-0.2, 0) is 0 Å². The summed E-state index contributed by atoms with van der Waals surface area (Å²) in [7, 11) is 6.42. The summed E-state index contributed by atoms with van der Waals surface area (Å²) in [5.41, 5.74) is 3.68. The van der Waals surface area contributed by atoms with E-state index in [-0.39, 0.29) is 0 Å². The van der Waals surface area contributed by atoms with Gasteiger partial charge in [0.1, 0.15) is 5.75 Å². The van der Waals surface area contributed by atoms with Crippen molar-refractivity contribution in [2.75, 3.05) is 28.4 Å². The SMILES string of the molecule is COc1cccc(-c2[nH]ncc2-c2cc(OC)c(OC)c(OC)c2)c1. The average Bonchev–Trinajstić information content (AvgIpc) is 3.16. The fraction of sp³-hybridized carbons (Fsp3) is 0.211. The first-order chi connectivity index (χ1) is 12.2. The number of nitrogens with one attached hydrogen (secondary N) is 1. The lowest BCUT2D eigenvalue weighted by Gasteiger charge is -2.14. The molecule has 25 heavy (non-hydrogen) atoms. The number of H-pyrrole nitrogens is 1. The maximum atomic E-state index is 5.44. The third kappa shape index (κ3) is 3.10. The second kappa shape index (κ2) is 7.17. The van der Waals surface area contributed by atoms with Gasteiger partial charge < -0.3 is 18.9 Å². The van der Waals surface area contributed by atoms with Crippen LogP contribution in [0.4, 0.5) is 0 Å². The van der Waals surface area contributed by atoms with E-state index in [1.807, 2.05) is 36.4 Å². The molecule has 0 radical (unpaired) electrons. The van der Waals surface area contributed by atoms with Crippen LogP contribution < -0.4 is 18.9 Å². The standard InChI is InChI=1S/C19H20N2O4/c1-22-14-7-5-6-12(8-14)18-15(11-20-21-18)13-9-16(23-2)19(25-4)17(10-13)24-3/h5-11H,1-4H3,(H,20,21). The highest BCUT2D eigenvalue weighted by Gasteiger charge is 2.17. The predicted octanol–water partition coefficient (Wildman–Crippen LogP) is 3.78. The monoisotopic (exact) mass is 340 g/mol. The number of ether oxygens (including phenoxy) is 4. The molecule has 0 unspecified atom stereocenters. The van der Waals surface area contributed by atoms with Crippen LogP contribution in [0, 0.1) is 0 Å². The van der Waals surface area contributed by atoms with Crippen molar-refractivity contribution in [2.45, 2.75) is 0 Å². The number of hydrogen-bond acceptors (Lipinski definition) is 5. The molecule has 0 aliphatic heterocycles. The van der Waals surface area contributed by atoms with Crippen molar-refractivity contribution in [1.82, 2.24) is 10.2 Å². The quantitative estimate of drug-likeness (QED) is 0.740. The molecule has 130 valence electrons. The van der Waals surface area contributed by atoms with Crippen LogP contribution in [0.25, 0.3) is 22.4 Å². The van der Waals surface area contributed by atoms with Gasteiger partial charge in [-0.15, -0.1) is 0 Å². The summed E-state index contributed by atoms with van der Waals surface area (Å²) in [6.45, 7) is 0. The third-order valence-electron chi connectivity index (χ3n) is 3.97. The van der Waals surface area contributed by atoms with Gasteiger partial charge in [-0.2, -0.15) is 5.10 Å². The van der Waals surface area contributed by atoms with E-state index in [0.717, 1.165) is 28.1 Å². The van der Waals surface area contributed by atoms with Gasteiger partial charge in [0, 0.05) is 11.1 Å². The normalized spacial score (nSPS) is 10.4. The van der Waals surface area contributed by atoms with E-state index in [4.69, 9.17) is 18.9 Å². The molecule has 1 heterocycles. The molecule has 0 fully saturated rings. The van der Waals surface area contributed by atoms with Gasteiger partial charge in [-0.3, -0.25) is 5.10 Å². The molecule has 0 amide bonds. The molecule has 6 heteroatoms.